The van der Waals surface area contributed by atoms with E-state index in [1.54, 1.807) is 0 Å². The van der Waals surface area contributed by atoms with Gasteiger partial charge >= 0.3 is 0 Å². The van der Waals surface area contributed by atoms with E-state index in [4.69, 9.17) is 9.47 Å². The van der Waals surface area contributed by atoms with E-state index < -0.39 is 11.2 Å². The first-order chi connectivity index (χ1) is 13.7. The Labute approximate surface area is 179 Å². The zero-order chi connectivity index (χ0) is 21.4. The molecular formula is C25H48O4. The molecular weight excluding hydrogens is 364 g/mol. The maximum absolute atomic E-state index is 10.8. The summed E-state index contributed by atoms with van der Waals surface area (Å²) < 4.78 is 12.3. The van der Waals surface area contributed by atoms with Crippen molar-refractivity contribution in [2.24, 2.45) is 11.8 Å². The van der Waals surface area contributed by atoms with Gasteiger partial charge in [-0.2, -0.15) is 0 Å². The standard InChI is InChI=1S/C25H48O4/c1-5-6-10-16-24(4,27)17-13-21-14-18-25(28-19-20-29-25)22(21)12-9-7-8-11-15-23(2,3)26/h21-22,26-27H,5-20H2,1-4H3/t21-,22+,24?/m0/s1. The van der Waals surface area contributed by atoms with Crippen molar-refractivity contribution in [3.8, 4) is 0 Å². The van der Waals surface area contributed by atoms with Gasteiger partial charge < -0.3 is 19.7 Å². The minimum atomic E-state index is -0.541. The third-order valence-electron chi connectivity index (χ3n) is 7.20. The van der Waals surface area contributed by atoms with Gasteiger partial charge in [0.15, 0.2) is 5.79 Å². The van der Waals surface area contributed by atoms with Crippen LogP contribution in [0.5, 0.6) is 0 Å². The van der Waals surface area contributed by atoms with Crippen LogP contribution in [0.4, 0.5) is 0 Å². The number of hydrogen-bond acceptors (Lipinski definition) is 4. The molecule has 0 radical (unpaired) electrons. The molecule has 3 atom stereocenters. The van der Waals surface area contributed by atoms with Crippen molar-refractivity contribution in [1.29, 1.82) is 0 Å². The van der Waals surface area contributed by atoms with Crippen molar-refractivity contribution in [3.05, 3.63) is 0 Å². The minimum absolute atomic E-state index is 0.341. The molecule has 2 rings (SSSR count). The molecule has 0 aromatic rings. The predicted molar refractivity (Wildman–Crippen MR) is 119 cm³/mol. The molecule has 1 aliphatic heterocycles. The Morgan fingerprint density at radius 3 is 2.14 bits per heavy atom. The van der Waals surface area contributed by atoms with E-state index in [-0.39, 0.29) is 5.79 Å². The van der Waals surface area contributed by atoms with Gasteiger partial charge in [0.25, 0.3) is 0 Å². The second-order valence-corrected chi connectivity index (χ2v) is 10.7. The highest BCUT2D eigenvalue weighted by Crippen LogP contribution is 2.50. The van der Waals surface area contributed by atoms with E-state index in [0.717, 1.165) is 71.0 Å². The fourth-order valence-electron chi connectivity index (χ4n) is 5.41. The van der Waals surface area contributed by atoms with Crippen LogP contribution >= 0.6 is 0 Å². The third-order valence-corrected chi connectivity index (χ3v) is 7.20. The van der Waals surface area contributed by atoms with Crippen LogP contribution in [-0.2, 0) is 9.47 Å². The van der Waals surface area contributed by atoms with Crippen LogP contribution in [0.2, 0.25) is 0 Å². The summed E-state index contributed by atoms with van der Waals surface area (Å²) in [6.07, 6.45) is 15.3. The van der Waals surface area contributed by atoms with Gasteiger partial charge in [-0.05, 0) is 65.2 Å². The molecule has 1 saturated heterocycles. The van der Waals surface area contributed by atoms with Gasteiger partial charge in [0.1, 0.15) is 0 Å². The molecule has 0 bridgehead atoms. The van der Waals surface area contributed by atoms with E-state index in [2.05, 4.69) is 6.92 Å². The summed E-state index contributed by atoms with van der Waals surface area (Å²) in [7, 11) is 0. The van der Waals surface area contributed by atoms with Crippen molar-refractivity contribution >= 4 is 0 Å². The van der Waals surface area contributed by atoms with E-state index in [9.17, 15) is 10.2 Å². The Morgan fingerprint density at radius 2 is 1.48 bits per heavy atom. The fourth-order valence-corrected chi connectivity index (χ4v) is 5.41. The molecule has 172 valence electrons. The highest BCUT2D eigenvalue weighted by atomic mass is 16.7. The lowest BCUT2D eigenvalue weighted by Gasteiger charge is -2.33. The minimum Gasteiger partial charge on any atom is -0.390 e. The number of hydrogen-bond donors (Lipinski definition) is 2. The number of aliphatic hydroxyl groups is 2. The summed E-state index contributed by atoms with van der Waals surface area (Å²) in [5.41, 5.74) is -1.08. The molecule has 2 fully saturated rings. The normalized spacial score (nSPS) is 26.3. The fraction of sp³-hybridized carbons (Fsp3) is 1.00. The topological polar surface area (TPSA) is 58.9 Å². The van der Waals surface area contributed by atoms with Gasteiger partial charge in [-0.15, -0.1) is 0 Å². The Bertz CT molecular complexity index is 448. The molecule has 1 aliphatic carbocycles. The summed E-state index contributed by atoms with van der Waals surface area (Å²) in [6, 6.07) is 0. The predicted octanol–water partition coefficient (Wildman–Crippen LogP) is 5.98. The molecule has 4 nitrogen and oxygen atoms in total. The molecule has 1 saturated carbocycles. The molecule has 2 aliphatic rings. The van der Waals surface area contributed by atoms with Gasteiger partial charge in [0.2, 0.25) is 0 Å². The number of unbranched alkanes of at least 4 members (excludes halogenated alkanes) is 5. The Kier molecular flexibility index (Phi) is 9.92. The lowest BCUT2D eigenvalue weighted by atomic mass is 9.81. The summed E-state index contributed by atoms with van der Waals surface area (Å²) in [6.45, 7) is 9.47. The quantitative estimate of drug-likeness (QED) is 0.345. The van der Waals surface area contributed by atoms with Crippen molar-refractivity contribution in [3.63, 3.8) is 0 Å². The van der Waals surface area contributed by atoms with E-state index in [0.29, 0.717) is 11.8 Å². The molecule has 0 amide bonds. The van der Waals surface area contributed by atoms with E-state index in [1.807, 2.05) is 20.8 Å². The largest absolute Gasteiger partial charge is 0.390 e. The van der Waals surface area contributed by atoms with Gasteiger partial charge in [-0.1, -0.05) is 51.9 Å². The highest BCUT2D eigenvalue weighted by molar-refractivity contribution is 4.95. The van der Waals surface area contributed by atoms with Gasteiger partial charge in [0.05, 0.1) is 24.4 Å². The van der Waals surface area contributed by atoms with E-state index in [1.165, 1.54) is 32.1 Å². The lowest BCUT2D eigenvalue weighted by molar-refractivity contribution is -0.188. The van der Waals surface area contributed by atoms with Gasteiger partial charge in [-0.25, -0.2) is 0 Å². The molecule has 1 spiro atoms. The molecule has 4 heteroatoms. The van der Waals surface area contributed by atoms with Crippen LogP contribution in [0.1, 0.15) is 118 Å². The van der Waals surface area contributed by atoms with Crippen LogP contribution in [0.15, 0.2) is 0 Å². The molecule has 0 aromatic heterocycles. The van der Waals surface area contributed by atoms with Crippen LogP contribution in [-0.4, -0.2) is 40.4 Å². The smallest absolute Gasteiger partial charge is 0.171 e. The van der Waals surface area contributed by atoms with Gasteiger partial charge in [0, 0.05) is 12.3 Å². The molecule has 0 aromatic carbocycles. The maximum Gasteiger partial charge on any atom is 0.171 e. The number of rotatable bonds is 14. The van der Waals surface area contributed by atoms with Crippen molar-refractivity contribution < 1.29 is 19.7 Å². The summed E-state index contributed by atoms with van der Waals surface area (Å²) in [5, 5.41) is 20.7. The maximum atomic E-state index is 10.8. The first-order valence-corrected chi connectivity index (χ1v) is 12.4. The molecule has 1 heterocycles. The van der Waals surface area contributed by atoms with Crippen LogP contribution in [0.25, 0.3) is 0 Å². The van der Waals surface area contributed by atoms with Crippen LogP contribution < -0.4 is 0 Å². The zero-order valence-electron chi connectivity index (χ0n) is 19.7. The van der Waals surface area contributed by atoms with Crippen molar-refractivity contribution in [1.82, 2.24) is 0 Å². The summed E-state index contributed by atoms with van der Waals surface area (Å²) in [4.78, 5) is 0. The summed E-state index contributed by atoms with van der Waals surface area (Å²) >= 11 is 0. The Morgan fingerprint density at radius 1 is 0.828 bits per heavy atom. The second-order valence-electron chi connectivity index (χ2n) is 10.7. The molecule has 2 N–H and O–H groups in total. The average molecular weight is 413 g/mol. The number of ether oxygens (including phenoxy) is 2. The zero-order valence-corrected chi connectivity index (χ0v) is 19.7. The van der Waals surface area contributed by atoms with Crippen LogP contribution in [0, 0.1) is 11.8 Å². The first-order valence-electron chi connectivity index (χ1n) is 12.4. The Hall–Kier alpha value is -0.160. The SMILES string of the molecule is CCCCCC(C)(O)CC[C@H]1CCC2(OCCO2)[C@@H]1CCCCCCC(C)(C)O. The van der Waals surface area contributed by atoms with Crippen molar-refractivity contribution in [2.45, 2.75) is 135 Å². The lowest BCUT2D eigenvalue weighted by Crippen LogP contribution is -2.37. The first kappa shape index (κ1) is 25.1. The van der Waals surface area contributed by atoms with E-state index >= 15 is 0 Å². The highest BCUT2D eigenvalue weighted by Gasteiger charge is 2.52. The monoisotopic (exact) mass is 412 g/mol. The molecule has 29 heavy (non-hydrogen) atoms. The van der Waals surface area contributed by atoms with Crippen molar-refractivity contribution in [2.75, 3.05) is 13.2 Å². The second kappa shape index (κ2) is 11.5. The molecule has 1 unspecified atom stereocenters. The Balaban J connectivity index is 1.80. The average Bonchev–Trinajstić information content (AvgIpc) is 3.24. The van der Waals surface area contributed by atoms with Crippen LogP contribution in [0.3, 0.4) is 0 Å². The summed E-state index contributed by atoms with van der Waals surface area (Å²) in [5.74, 6) is 0.721. The van der Waals surface area contributed by atoms with Gasteiger partial charge in [-0.3, -0.25) is 0 Å². The third kappa shape index (κ3) is 8.47.